The maximum absolute atomic E-state index is 13.1. The molecule has 2 amide bonds. The molecule has 186 valence electrons. The third-order valence-electron chi connectivity index (χ3n) is 5.98. The molecule has 36 heavy (non-hydrogen) atoms. The zero-order valence-electron chi connectivity index (χ0n) is 19.9. The Hall–Kier alpha value is -4.18. The summed E-state index contributed by atoms with van der Waals surface area (Å²) in [6.45, 7) is 2.11. The van der Waals surface area contributed by atoms with Crippen LogP contribution in [0.15, 0.2) is 73.2 Å². The van der Waals surface area contributed by atoms with Crippen LogP contribution in [0.4, 0.5) is 14.9 Å². The largest absolute Gasteiger partial charge is 0.490 e. The molecule has 1 aliphatic rings. The Morgan fingerprint density at radius 1 is 1.17 bits per heavy atom. The lowest BCUT2D eigenvalue weighted by Crippen LogP contribution is -2.49. The van der Waals surface area contributed by atoms with E-state index in [1.807, 2.05) is 37.4 Å². The Morgan fingerprint density at radius 2 is 2.00 bits per heavy atom. The number of morpholine rings is 1. The first-order valence-corrected chi connectivity index (χ1v) is 11.7. The van der Waals surface area contributed by atoms with Gasteiger partial charge < -0.3 is 19.7 Å². The summed E-state index contributed by atoms with van der Waals surface area (Å²) in [6.07, 6.45) is 4.83. The summed E-state index contributed by atoms with van der Waals surface area (Å²) in [6, 6.07) is 15.7. The Balaban J connectivity index is 1.15. The van der Waals surface area contributed by atoms with E-state index in [0.29, 0.717) is 38.5 Å². The maximum Gasteiger partial charge on any atom is 0.322 e. The van der Waals surface area contributed by atoms with E-state index < -0.39 is 0 Å². The van der Waals surface area contributed by atoms with E-state index in [0.717, 1.165) is 22.6 Å². The number of para-hydroxylation sites is 1. The summed E-state index contributed by atoms with van der Waals surface area (Å²) in [5.74, 6) is 0.457. The Kier molecular flexibility index (Phi) is 6.94. The highest BCUT2D eigenvalue weighted by molar-refractivity contribution is 5.89. The van der Waals surface area contributed by atoms with Crippen LogP contribution in [0.25, 0.3) is 11.3 Å². The summed E-state index contributed by atoms with van der Waals surface area (Å²) < 4.78 is 28.6. The van der Waals surface area contributed by atoms with Crippen LogP contribution in [0.5, 0.6) is 5.75 Å². The lowest BCUT2D eigenvalue weighted by atomic mass is 10.1. The molecule has 1 N–H and O–H groups in total. The van der Waals surface area contributed by atoms with Gasteiger partial charge in [-0.15, -0.1) is 0 Å². The number of carbonyl (C=O) groups is 1. The van der Waals surface area contributed by atoms with Crippen molar-refractivity contribution in [2.75, 3.05) is 31.6 Å². The SMILES string of the molecule is Cn1nccc1-c1ccccc1OCC1CN(C(=O)Nc2cnn(Cc3ccc(F)cc3)c2)CCO1. The Labute approximate surface area is 208 Å². The highest BCUT2D eigenvalue weighted by atomic mass is 19.1. The van der Waals surface area contributed by atoms with Gasteiger partial charge in [-0.3, -0.25) is 9.36 Å². The van der Waals surface area contributed by atoms with Crippen molar-refractivity contribution in [3.05, 3.63) is 84.6 Å². The van der Waals surface area contributed by atoms with Gasteiger partial charge in [-0.2, -0.15) is 10.2 Å². The minimum Gasteiger partial charge on any atom is -0.490 e. The average molecular weight is 491 g/mol. The van der Waals surface area contributed by atoms with E-state index in [9.17, 15) is 9.18 Å². The van der Waals surface area contributed by atoms with Gasteiger partial charge in [0.2, 0.25) is 0 Å². The number of carbonyl (C=O) groups excluding carboxylic acids is 1. The molecule has 0 radical (unpaired) electrons. The highest BCUT2D eigenvalue weighted by Crippen LogP contribution is 2.29. The van der Waals surface area contributed by atoms with Gasteiger partial charge in [0.05, 0.1) is 37.3 Å². The van der Waals surface area contributed by atoms with Crippen molar-refractivity contribution in [3.8, 4) is 17.0 Å². The minimum atomic E-state index is -0.279. The molecule has 2 aromatic carbocycles. The topological polar surface area (TPSA) is 86.4 Å². The average Bonchev–Trinajstić information content (AvgIpc) is 3.53. The zero-order valence-corrected chi connectivity index (χ0v) is 19.9. The van der Waals surface area contributed by atoms with Crippen LogP contribution in [0.3, 0.4) is 0 Å². The predicted molar refractivity (Wildman–Crippen MR) is 132 cm³/mol. The fourth-order valence-corrected chi connectivity index (χ4v) is 4.12. The molecule has 0 bridgehead atoms. The molecule has 3 heterocycles. The summed E-state index contributed by atoms with van der Waals surface area (Å²) in [4.78, 5) is 14.6. The normalized spacial score (nSPS) is 15.6. The number of anilines is 1. The quantitative estimate of drug-likeness (QED) is 0.426. The van der Waals surface area contributed by atoms with E-state index in [-0.39, 0.29) is 18.0 Å². The molecule has 1 atom stereocenters. The van der Waals surface area contributed by atoms with E-state index in [1.165, 1.54) is 12.1 Å². The van der Waals surface area contributed by atoms with Gasteiger partial charge in [-0.05, 0) is 35.9 Å². The van der Waals surface area contributed by atoms with Crippen LogP contribution in [0.2, 0.25) is 0 Å². The molecule has 10 heteroatoms. The van der Waals surface area contributed by atoms with Crippen molar-refractivity contribution < 1.29 is 18.7 Å². The van der Waals surface area contributed by atoms with Crippen molar-refractivity contribution in [2.24, 2.45) is 7.05 Å². The van der Waals surface area contributed by atoms with Crippen LogP contribution < -0.4 is 10.1 Å². The van der Waals surface area contributed by atoms with Crippen LogP contribution in [0.1, 0.15) is 5.56 Å². The molecule has 0 spiro atoms. The molecule has 5 rings (SSSR count). The zero-order chi connectivity index (χ0) is 24.9. The second-order valence-electron chi connectivity index (χ2n) is 8.57. The number of ether oxygens (including phenoxy) is 2. The number of urea groups is 1. The van der Waals surface area contributed by atoms with Crippen LogP contribution in [0, 0.1) is 5.82 Å². The Bertz CT molecular complexity index is 1320. The number of rotatable bonds is 7. The van der Waals surface area contributed by atoms with Crippen LogP contribution in [-0.4, -0.2) is 62.9 Å². The van der Waals surface area contributed by atoms with Crippen molar-refractivity contribution in [3.63, 3.8) is 0 Å². The third-order valence-corrected chi connectivity index (χ3v) is 5.98. The first-order chi connectivity index (χ1) is 17.5. The van der Waals surface area contributed by atoms with E-state index >= 15 is 0 Å². The highest BCUT2D eigenvalue weighted by Gasteiger charge is 2.25. The number of nitrogens with zero attached hydrogens (tertiary/aromatic N) is 5. The van der Waals surface area contributed by atoms with Crippen molar-refractivity contribution in [1.82, 2.24) is 24.5 Å². The molecule has 0 saturated carbocycles. The lowest BCUT2D eigenvalue weighted by Gasteiger charge is -2.32. The number of hydrogen-bond donors (Lipinski definition) is 1. The molecule has 1 saturated heterocycles. The minimum absolute atomic E-state index is 0.222. The number of halogens is 1. The van der Waals surface area contributed by atoms with Gasteiger partial charge >= 0.3 is 6.03 Å². The maximum atomic E-state index is 13.1. The second kappa shape index (κ2) is 10.6. The fourth-order valence-electron chi connectivity index (χ4n) is 4.12. The summed E-state index contributed by atoms with van der Waals surface area (Å²) in [5.41, 5.74) is 3.40. The van der Waals surface area contributed by atoms with Gasteiger partial charge in [0.25, 0.3) is 0 Å². The first-order valence-electron chi connectivity index (χ1n) is 11.7. The van der Waals surface area contributed by atoms with Crippen molar-refractivity contribution >= 4 is 11.7 Å². The molecular formula is C26H27FN6O3. The van der Waals surface area contributed by atoms with Gasteiger partial charge in [0, 0.05) is 31.5 Å². The number of amides is 2. The standard InChI is InChI=1S/C26H27FN6O3/c1-31-24(10-11-28-31)23-4-2-3-5-25(23)36-18-22-17-32(12-13-35-22)26(34)30-21-14-29-33(16-21)15-19-6-8-20(27)9-7-19/h2-11,14,16,22H,12-13,15,17-18H2,1H3,(H,30,34). The second-order valence-corrected chi connectivity index (χ2v) is 8.57. The van der Waals surface area contributed by atoms with Gasteiger partial charge in [-0.25, -0.2) is 9.18 Å². The molecular weight excluding hydrogens is 463 g/mol. The van der Waals surface area contributed by atoms with Crippen LogP contribution in [-0.2, 0) is 18.3 Å². The Morgan fingerprint density at radius 3 is 2.81 bits per heavy atom. The molecule has 9 nitrogen and oxygen atoms in total. The molecule has 1 aliphatic heterocycles. The summed E-state index contributed by atoms with van der Waals surface area (Å²) >= 11 is 0. The molecule has 0 aliphatic carbocycles. The van der Waals surface area contributed by atoms with Gasteiger partial charge in [0.1, 0.15) is 24.3 Å². The summed E-state index contributed by atoms with van der Waals surface area (Å²) in [7, 11) is 1.89. The van der Waals surface area contributed by atoms with Gasteiger partial charge in [-0.1, -0.05) is 24.3 Å². The smallest absolute Gasteiger partial charge is 0.322 e. The molecule has 1 fully saturated rings. The van der Waals surface area contributed by atoms with E-state index in [1.54, 1.807) is 45.0 Å². The summed E-state index contributed by atoms with van der Waals surface area (Å²) in [5, 5.41) is 11.4. The number of aryl methyl sites for hydroxylation is 1. The number of aromatic nitrogens is 4. The number of nitrogens with one attached hydrogen (secondary N) is 1. The molecule has 1 unspecified atom stereocenters. The number of hydrogen-bond acceptors (Lipinski definition) is 5. The number of benzene rings is 2. The first kappa shape index (κ1) is 23.6. The predicted octanol–water partition coefficient (Wildman–Crippen LogP) is 3.78. The molecule has 4 aromatic rings. The van der Waals surface area contributed by atoms with Gasteiger partial charge in [0.15, 0.2) is 0 Å². The van der Waals surface area contributed by atoms with E-state index in [4.69, 9.17) is 9.47 Å². The van der Waals surface area contributed by atoms with E-state index in [2.05, 4.69) is 15.5 Å². The fraction of sp³-hybridized carbons (Fsp3) is 0.269. The molecule has 2 aromatic heterocycles. The van der Waals surface area contributed by atoms with Crippen LogP contribution >= 0.6 is 0 Å². The monoisotopic (exact) mass is 490 g/mol. The van der Waals surface area contributed by atoms with Crippen molar-refractivity contribution in [2.45, 2.75) is 12.6 Å². The lowest BCUT2D eigenvalue weighted by molar-refractivity contribution is -0.0336. The van der Waals surface area contributed by atoms with Crippen molar-refractivity contribution in [1.29, 1.82) is 0 Å². The third kappa shape index (κ3) is 5.55.